The molecule has 0 radical (unpaired) electrons. The Balaban J connectivity index is 3.03. The van der Waals surface area contributed by atoms with E-state index in [1.807, 2.05) is 31.2 Å². The largest absolute Gasteiger partial charge is 0.381 e. The molecule has 166 valence electrons. The van der Waals surface area contributed by atoms with Gasteiger partial charge in [0.1, 0.15) is 6.10 Å². The summed E-state index contributed by atoms with van der Waals surface area (Å²) < 4.78 is 0. The van der Waals surface area contributed by atoms with Crippen molar-refractivity contribution in [3.63, 3.8) is 0 Å². The molecule has 1 aliphatic heterocycles. The Morgan fingerprint density at radius 2 is 1.65 bits per heavy atom. The second-order valence-electron chi connectivity index (χ2n) is 7.47. The minimum absolute atomic E-state index is 0.0195. The van der Waals surface area contributed by atoms with Crippen LogP contribution in [-0.2, 0) is 9.59 Å². The van der Waals surface area contributed by atoms with Crippen LogP contribution in [0.4, 0.5) is 0 Å². The Kier molecular flexibility index (Phi) is 13.3. The molecule has 0 fully saturated rings. The molecule has 1 heterocycles. The van der Waals surface area contributed by atoms with Crippen LogP contribution in [-0.4, -0.2) is 28.9 Å². The van der Waals surface area contributed by atoms with Gasteiger partial charge in [-0.05, 0) is 45.3 Å². The summed E-state index contributed by atoms with van der Waals surface area (Å²) in [6.07, 6.45) is 27.4. The second-order valence-corrected chi connectivity index (χ2v) is 7.47. The Bertz CT molecular complexity index is 819. The fourth-order valence-electron chi connectivity index (χ4n) is 2.72. The molecule has 4 heteroatoms. The Labute approximate surface area is 186 Å². The number of ketones is 1. The van der Waals surface area contributed by atoms with Gasteiger partial charge in [-0.2, -0.15) is 0 Å². The molecule has 0 aromatic heterocycles. The smallest absolute Gasteiger partial charge is 0.244 e. The zero-order valence-electron chi connectivity index (χ0n) is 18.8. The maximum atomic E-state index is 12.3. The van der Waals surface area contributed by atoms with Crippen molar-refractivity contribution in [2.45, 2.75) is 58.6 Å². The molecule has 2 N–H and O–H groups in total. The van der Waals surface area contributed by atoms with E-state index in [0.717, 1.165) is 36.8 Å². The quantitative estimate of drug-likeness (QED) is 0.611. The highest BCUT2D eigenvalue weighted by Crippen LogP contribution is 2.05. The third-order valence-electron chi connectivity index (χ3n) is 4.47. The van der Waals surface area contributed by atoms with Crippen molar-refractivity contribution in [1.82, 2.24) is 5.32 Å². The van der Waals surface area contributed by atoms with E-state index in [0.29, 0.717) is 0 Å². The number of allylic oxidation sites excluding steroid dienone is 11. The van der Waals surface area contributed by atoms with Gasteiger partial charge in [-0.25, -0.2) is 0 Å². The van der Waals surface area contributed by atoms with Gasteiger partial charge in [0.15, 0.2) is 5.78 Å². The van der Waals surface area contributed by atoms with Gasteiger partial charge in [-0.3, -0.25) is 9.59 Å². The first-order valence-corrected chi connectivity index (χ1v) is 10.8. The zero-order valence-corrected chi connectivity index (χ0v) is 18.8. The first-order chi connectivity index (χ1) is 14.9. The fraction of sp³-hybridized carbons (Fsp3) is 0.333. The van der Waals surface area contributed by atoms with Crippen molar-refractivity contribution in [2.75, 3.05) is 0 Å². The van der Waals surface area contributed by atoms with Gasteiger partial charge in [0.25, 0.3) is 0 Å². The minimum Gasteiger partial charge on any atom is -0.381 e. The summed E-state index contributed by atoms with van der Waals surface area (Å²) in [6.45, 7) is 5.89. The van der Waals surface area contributed by atoms with E-state index in [4.69, 9.17) is 0 Å². The molecular weight excluding hydrogens is 386 g/mol. The first-order valence-electron chi connectivity index (χ1n) is 10.8. The lowest BCUT2D eigenvalue weighted by Gasteiger charge is -2.14. The number of carbonyl (C=O) groups excluding carboxylic acids is 2. The van der Waals surface area contributed by atoms with Crippen LogP contribution in [0.2, 0.25) is 0 Å². The average molecular weight is 422 g/mol. The van der Waals surface area contributed by atoms with E-state index in [1.54, 1.807) is 37.3 Å². The number of unbranched alkanes of at least 4 members (excludes halogenated alkanes) is 1. The SMILES string of the molecule is CCC/C=C/CC1C/C=C/C=C(C)/C=C/C=C\C(=O)C(O)\C=C(C)/C=C/C=C/C(=O)N1. The number of rotatable bonds is 4. The standard InChI is InChI=1S/C27H35NO3/c1-4-5-6-7-17-24-18-11-8-14-22(2)15-9-12-19-25(29)26(30)21-23(3)16-10-13-20-27(31)28-24/h6-16,19-21,24,26,30H,4-5,17-18H2,1-3H3,(H,28,31)/b7-6+,11-8+,15-9+,16-10+,19-12-,20-13+,22-14+,23-21-. The molecule has 0 aliphatic carbocycles. The number of aliphatic hydroxyl groups is 1. The van der Waals surface area contributed by atoms with Gasteiger partial charge in [-0.15, -0.1) is 0 Å². The third kappa shape index (κ3) is 13.0. The minimum atomic E-state index is -1.20. The third-order valence-corrected chi connectivity index (χ3v) is 4.47. The number of hydrogen-bond donors (Lipinski definition) is 2. The number of amides is 1. The van der Waals surface area contributed by atoms with Gasteiger partial charge < -0.3 is 10.4 Å². The predicted octanol–water partition coefficient (Wildman–Crippen LogP) is 5.22. The lowest BCUT2D eigenvalue weighted by molar-refractivity contribution is -0.120. The molecule has 0 aromatic carbocycles. The maximum absolute atomic E-state index is 12.3. The van der Waals surface area contributed by atoms with E-state index < -0.39 is 6.10 Å². The van der Waals surface area contributed by atoms with E-state index in [2.05, 4.69) is 24.4 Å². The van der Waals surface area contributed by atoms with E-state index in [1.165, 1.54) is 18.2 Å². The Morgan fingerprint density at radius 3 is 2.39 bits per heavy atom. The van der Waals surface area contributed by atoms with Crippen LogP contribution >= 0.6 is 0 Å². The van der Waals surface area contributed by atoms with Crippen LogP contribution in [0.25, 0.3) is 0 Å². The molecule has 0 spiro atoms. The highest BCUT2D eigenvalue weighted by atomic mass is 16.3. The molecule has 1 aliphatic rings. The lowest BCUT2D eigenvalue weighted by atomic mass is 10.1. The summed E-state index contributed by atoms with van der Waals surface area (Å²) in [5, 5.41) is 13.0. The van der Waals surface area contributed by atoms with Crippen LogP contribution in [0.5, 0.6) is 0 Å². The van der Waals surface area contributed by atoms with Crippen molar-refractivity contribution in [3.05, 3.63) is 96.2 Å². The highest BCUT2D eigenvalue weighted by Gasteiger charge is 2.08. The van der Waals surface area contributed by atoms with Crippen LogP contribution < -0.4 is 5.32 Å². The fourth-order valence-corrected chi connectivity index (χ4v) is 2.72. The summed E-state index contributed by atoms with van der Waals surface area (Å²) >= 11 is 0. The average Bonchev–Trinajstić information content (AvgIpc) is 2.73. The molecule has 1 amide bonds. The van der Waals surface area contributed by atoms with E-state index >= 15 is 0 Å². The number of hydrogen-bond acceptors (Lipinski definition) is 3. The summed E-state index contributed by atoms with van der Waals surface area (Å²) in [5.74, 6) is -0.541. The van der Waals surface area contributed by atoms with Gasteiger partial charge in [0.05, 0.1) is 0 Å². The maximum Gasteiger partial charge on any atom is 0.244 e. The monoisotopic (exact) mass is 421 g/mol. The van der Waals surface area contributed by atoms with E-state index in [9.17, 15) is 14.7 Å². The summed E-state index contributed by atoms with van der Waals surface area (Å²) in [4.78, 5) is 24.2. The first kappa shape index (κ1) is 26.1. The molecule has 1 rings (SSSR count). The van der Waals surface area contributed by atoms with Gasteiger partial charge in [0.2, 0.25) is 5.91 Å². The van der Waals surface area contributed by atoms with E-state index in [-0.39, 0.29) is 17.7 Å². The lowest BCUT2D eigenvalue weighted by Crippen LogP contribution is -2.32. The number of carbonyl (C=O) groups is 2. The van der Waals surface area contributed by atoms with Gasteiger partial charge >= 0.3 is 0 Å². The van der Waals surface area contributed by atoms with Crippen molar-refractivity contribution < 1.29 is 14.7 Å². The van der Waals surface area contributed by atoms with Crippen molar-refractivity contribution in [2.24, 2.45) is 0 Å². The van der Waals surface area contributed by atoms with Crippen molar-refractivity contribution in [3.8, 4) is 0 Å². The van der Waals surface area contributed by atoms with Crippen molar-refractivity contribution >= 4 is 11.7 Å². The molecule has 0 aromatic rings. The van der Waals surface area contributed by atoms with Crippen LogP contribution in [0.3, 0.4) is 0 Å². The molecule has 0 bridgehead atoms. The normalized spacial score (nSPS) is 30.3. The molecule has 31 heavy (non-hydrogen) atoms. The van der Waals surface area contributed by atoms with Crippen LogP contribution in [0.1, 0.15) is 46.5 Å². The van der Waals surface area contributed by atoms with Crippen molar-refractivity contribution in [1.29, 1.82) is 0 Å². The molecule has 0 saturated heterocycles. The molecule has 4 nitrogen and oxygen atoms in total. The van der Waals surface area contributed by atoms with Crippen LogP contribution in [0, 0.1) is 0 Å². The van der Waals surface area contributed by atoms with Crippen LogP contribution in [0.15, 0.2) is 96.2 Å². The topological polar surface area (TPSA) is 66.4 Å². The zero-order chi connectivity index (χ0) is 22.9. The van der Waals surface area contributed by atoms with Gasteiger partial charge in [0, 0.05) is 12.1 Å². The molecule has 2 atom stereocenters. The Morgan fingerprint density at radius 1 is 0.968 bits per heavy atom. The number of nitrogens with one attached hydrogen (secondary N) is 1. The Hall–Kier alpha value is -2.98. The second kappa shape index (κ2) is 15.8. The number of aliphatic hydroxyl groups excluding tert-OH is 1. The van der Waals surface area contributed by atoms with Gasteiger partial charge in [-0.1, -0.05) is 91.3 Å². The molecular formula is C27H35NO3. The summed E-state index contributed by atoms with van der Waals surface area (Å²) in [5.41, 5.74) is 1.75. The molecule has 2 unspecified atom stereocenters. The summed E-state index contributed by atoms with van der Waals surface area (Å²) in [7, 11) is 0. The summed E-state index contributed by atoms with van der Waals surface area (Å²) in [6, 6.07) is 0.0195. The molecule has 0 saturated carbocycles. The highest BCUT2D eigenvalue weighted by molar-refractivity contribution is 5.95. The predicted molar refractivity (Wildman–Crippen MR) is 129 cm³/mol.